The lowest BCUT2D eigenvalue weighted by Crippen LogP contribution is -2.52. The van der Waals surface area contributed by atoms with Crippen molar-refractivity contribution >= 4 is 34.7 Å². The molecule has 0 aliphatic carbocycles. The molecule has 10 heteroatoms. The van der Waals surface area contributed by atoms with Crippen molar-refractivity contribution in [3.05, 3.63) is 85.2 Å². The number of para-hydroxylation sites is 1. The maximum atomic E-state index is 13.4. The molecule has 0 spiro atoms. The molecule has 1 aromatic heterocycles. The first-order chi connectivity index (χ1) is 20.3. The van der Waals surface area contributed by atoms with Crippen molar-refractivity contribution in [2.75, 3.05) is 45.1 Å². The smallest absolute Gasteiger partial charge is 0.247 e. The molecule has 2 aromatic carbocycles. The van der Waals surface area contributed by atoms with Crippen molar-refractivity contribution in [3.8, 4) is 0 Å². The Balaban J connectivity index is 1.62. The number of pyridine rings is 1. The third kappa shape index (κ3) is 10.6. The molecule has 0 aliphatic rings. The molecular weight excluding hydrogens is 528 g/mol. The Bertz CT molecular complexity index is 1320. The van der Waals surface area contributed by atoms with Crippen LogP contribution in [0.2, 0.25) is 0 Å². The van der Waals surface area contributed by atoms with Crippen molar-refractivity contribution in [1.29, 1.82) is 0 Å². The van der Waals surface area contributed by atoms with Crippen LogP contribution in [-0.4, -0.2) is 79.5 Å². The minimum atomic E-state index is -0.754. The fourth-order valence-corrected chi connectivity index (χ4v) is 4.84. The van der Waals surface area contributed by atoms with Crippen LogP contribution in [0.4, 0.5) is 5.69 Å². The minimum absolute atomic E-state index is 0.303. The zero-order valence-corrected chi connectivity index (χ0v) is 24.5. The van der Waals surface area contributed by atoms with Gasteiger partial charge in [-0.25, -0.2) is 0 Å². The highest BCUT2D eigenvalue weighted by Gasteiger charge is 2.26. The first-order valence-corrected chi connectivity index (χ1v) is 14.5. The molecule has 0 saturated heterocycles. The summed E-state index contributed by atoms with van der Waals surface area (Å²) in [6.07, 6.45) is 6.94. The summed E-state index contributed by atoms with van der Waals surface area (Å²) in [6.45, 7) is 7.64. The average Bonchev–Trinajstić information content (AvgIpc) is 2.99. The summed E-state index contributed by atoms with van der Waals surface area (Å²) in [5.74, 6) is -0.641. The van der Waals surface area contributed by atoms with E-state index in [0.29, 0.717) is 31.5 Å². The Morgan fingerprint density at radius 1 is 1.05 bits per heavy atom. The molecule has 3 rings (SSSR count). The molecule has 10 nitrogen and oxygen atoms in total. The molecule has 0 fully saturated rings. The number of hydrogen-bond donors (Lipinski definition) is 5. The summed E-state index contributed by atoms with van der Waals surface area (Å²) >= 11 is 0. The van der Waals surface area contributed by atoms with Gasteiger partial charge in [0.2, 0.25) is 11.8 Å². The second-order valence-electron chi connectivity index (χ2n) is 10.7. The van der Waals surface area contributed by atoms with E-state index in [4.69, 9.17) is 11.5 Å². The van der Waals surface area contributed by atoms with Gasteiger partial charge in [-0.2, -0.15) is 0 Å². The fraction of sp³-hybridized carbons (Fsp3) is 0.375. The molecule has 42 heavy (non-hydrogen) atoms. The van der Waals surface area contributed by atoms with E-state index < -0.39 is 12.1 Å². The summed E-state index contributed by atoms with van der Waals surface area (Å²) in [4.78, 5) is 35.2. The van der Waals surface area contributed by atoms with Crippen LogP contribution in [0.15, 0.2) is 84.6 Å². The monoisotopic (exact) mass is 573 g/mol. The number of rotatable bonds is 18. The molecule has 0 aliphatic heterocycles. The van der Waals surface area contributed by atoms with Crippen molar-refractivity contribution in [1.82, 2.24) is 15.6 Å². The number of hydrogen-bond acceptors (Lipinski definition) is 6. The second kappa shape index (κ2) is 16.9. The number of benzene rings is 2. The molecule has 0 saturated carbocycles. The number of aromatic nitrogens is 1. The first kappa shape index (κ1) is 32.2. The fourth-order valence-electron chi connectivity index (χ4n) is 4.84. The SMILES string of the molecule is C=CNCC[N+](C)(CCCC(N)C(=O)NC(CCc1ccccc1)C(=O)Nc1cnc2ccccc2c1)CCN=CN. The van der Waals surface area contributed by atoms with Crippen molar-refractivity contribution in [2.24, 2.45) is 16.5 Å². The summed E-state index contributed by atoms with van der Waals surface area (Å²) < 4.78 is 0.758. The van der Waals surface area contributed by atoms with E-state index in [1.165, 1.54) is 6.34 Å². The highest BCUT2D eigenvalue weighted by atomic mass is 16.2. The van der Waals surface area contributed by atoms with Crippen LogP contribution in [0.25, 0.3) is 10.9 Å². The predicted molar refractivity (Wildman–Crippen MR) is 171 cm³/mol. The lowest BCUT2D eigenvalue weighted by Gasteiger charge is -2.34. The predicted octanol–water partition coefficient (Wildman–Crippen LogP) is 2.57. The van der Waals surface area contributed by atoms with Gasteiger partial charge in [0, 0.05) is 5.39 Å². The number of amides is 2. The van der Waals surface area contributed by atoms with Gasteiger partial charge < -0.3 is 31.9 Å². The van der Waals surface area contributed by atoms with E-state index >= 15 is 0 Å². The second-order valence-corrected chi connectivity index (χ2v) is 10.7. The summed E-state index contributed by atoms with van der Waals surface area (Å²) in [5, 5.41) is 9.92. The van der Waals surface area contributed by atoms with Gasteiger partial charge in [-0.05, 0) is 49.6 Å². The van der Waals surface area contributed by atoms with Crippen LogP contribution in [-0.2, 0) is 16.0 Å². The minimum Gasteiger partial charge on any atom is -0.390 e. The van der Waals surface area contributed by atoms with E-state index in [2.05, 4.69) is 39.6 Å². The third-order valence-corrected chi connectivity index (χ3v) is 7.42. The van der Waals surface area contributed by atoms with E-state index in [1.807, 2.05) is 60.7 Å². The van der Waals surface area contributed by atoms with E-state index in [9.17, 15) is 9.59 Å². The third-order valence-electron chi connectivity index (χ3n) is 7.42. The van der Waals surface area contributed by atoms with Gasteiger partial charge in [0.1, 0.15) is 6.04 Å². The number of anilines is 1. The van der Waals surface area contributed by atoms with E-state index in [0.717, 1.165) is 53.5 Å². The van der Waals surface area contributed by atoms with Gasteiger partial charge in [0.05, 0.1) is 69.6 Å². The number of nitrogens with zero attached hydrogens (tertiary/aromatic N) is 3. The highest BCUT2D eigenvalue weighted by Crippen LogP contribution is 2.17. The maximum absolute atomic E-state index is 13.4. The Labute approximate surface area is 248 Å². The van der Waals surface area contributed by atoms with Gasteiger partial charge in [-0.3, -0.25) is 19.6 Å². The standard InChI is InChI=1S/C32H44N8O2/c1-3-35-17-20-40(2,21-18-36-24-33)19-9-13-28(34)31(41)39-30(16-15-25-10-5-4-6-11-25)32(42)38-27-22-26-12-7-8-14-29(26)37-23-27/h3-8,10-12,14,22-24,28,30,35H,1,9,13,15-21,34H2,2H3,(H3-,33,36,38,39,41,42)/p+1. The number of quaternary nitrogens is 1. The Hall–Kier alpha value is -4.28. The first-order valence-electron chi connectivity index (χ1n) is 14.5. The van der Waals surface area contributed by atoms with Crippen LogP contribution in [0.5, 0.6) is 0 Å². The molecule has 1 heterocycles. The lowest BCUT2D eigenvalue weighted by atomic mass is 10.0. The number of fused-ring (bicyclic) bond motifs is 1. The Kier molecular flexibility index (Phi) is 12.9. The number of carbonyl (C=O) groups is 2. The van der Waals surface area contributed by atoms with Crippen LogP contribution in [0.1, 0.15) is 24.8 Å². The van der Waals surface area contributed by atoms with Gasteiger partial charge >= 0.3 is 0 Å². The lowest BCUT2D eigenvalue weighted by molar-refractivity contribution is -0.907. The van der Waals surface area contributed by atoms with E-state index in [1.54, 1.807) is 12.4 Å². The number of nitrogens with one attached hydrogen (secondary N) is 3. The summed E-state index contributed by atoms with van der Waals surface area (Å²) in [7, 11) is 2.16. The molecule has 0 bridgehead atoms. The molecule has 3 aromatic rings. The van der Waals surface area contributed by atoms with Crippen LogP contribution < -0.4 is 27.4 Å². The average molecular weight is 574 g/mol. The quantitative estimate of drug-likeness (QED) is 0.0684. The van der Waals surface area contributed by atoms with E-state index in [-0.39, 0.29) is 11.8 Å². The summed E-state index contributed by atoms with van der Waals surface area (Å²) in [6, 6.07) is 18.0. The van der Waals surface area contributed by atoms with Crippen molar-refractivity contribution in [3.63, 3.8) is 0 Å². The molecule has 3 atom stereocenters. The zero-order valence-electron chi connectivity index (χ0n) is 24.5. The normalized spacial score (nSPS) is 14.1. The van der Waals surface area contributed by atoms with Crippen LogP contribution in [0, 0.1) is 0 Å². The molecular formula is C32H45N8O2+. The van der Waals surface area contributed by atoms with Gasteiger partial charge in [0.15, 0.2) is 0 Å². The number of aliphatic imine (C=N–C) groups is 1. The summed E-state index contributed by atoms with van der Waals surface area (Å²) in [5.41, 5.74) is 14.3. The Morgan fingerprint density at radius 3 is 2.57 bits per heavy atom. The van der Waals surface area contributed by atoms with Crippen LogP contribution in [0.3, 0.4) is 0 Å². The maximum Gasteiger partial charge on any atom is 0.247 e. The topological polar surface area (TPSA) is 148 Å². The van der Waals surface area contributed by atoms with Gasteiger partial charge in [-0.15, -0.1) is 0 Å². The molecule has 7 N–H and O–H groups in total. The number of nitrogens with two attached hydrogens (primary N) is 2. The molecule has 224 valence electrons. The van der Waals surface area contributed by atoms with Crippen molar-refractivity contribution in [2.45, 2.75) is 37.8 Å². The molecule has 2 amide bonds. The van der Waals surface area contributed by atoms with Crippen molar-refractivity contribution < 1.29 is 14.1 Å². The van der Waals surface area contributed by atoms with Crippen LogP contribution >= 0.6 is 0 Å². The molecule has 3 unspecified atom stereocenters. The largest absolute Gasteiger partial charge is 0.390 e. The number of likely N-dealkylation sites (N-methyl/N-ethyl adjacent to an activating group) is 1. The molecule has 0 radical (unpaired) electrons. The number of carbonyl (C=O) groups excluding carboxylic acids is 2. The highest BCUT2D eigenvalue weighted by molar-refractivity contribution is 5.98. The Morgan fingerprint density at radius 2 is 1.81 bits per heavy atom. The number of aryl methyl sites for hydroxylation is 1. The van der Waals surface area contributed by atoms with Gasteiger partial charge in [0.25, 0.3) is 0 Å². The zero-order chi connectivity index (χ0) is 30.2. The van der Waals surface area contributed by atoms with Gasteiger partial charge in [-0.1, -0.05) is 55.1 Å².